The summed E-state index contributed by atoms with van der Waals surface area (Å²) in [5.41, 5.74) is 6.38. The van der Waals surface area contributed by atoms with Gasteiger partial charge in [0.2, 0.25) is 5.76 Å². The standard InChI is InChI=1S/C12H13N3O3S/c16-11(10-8-17-6-7-18-10)13-12(19)15-14-9-4-2-1-3-5-9/h1-5,8,14H,6-7H2,(H2,13,15,16,19). The summed E-state index contributed by atoms with van der Waals surface area (Å²) in [6.45, 7) is 0.788. The van der Waals surface area contributed by atoms with Crippen molar-refractivity contribution in [1.29, 1.82) is 0 Å². The van der Waals surface area contributed by atoms with E-state index in [4.69, 9.17) is 21.7 Å². The van der Waals surface area contributed by atoms with Crippen LogP contribution >= 0.6 is 12.2 Å². The lowest BCUT2D eigenvalue weighted by atomic mass is 10.3. The summed E-state index contributed by atoms with van der Waals surface area (Å²) in [6, 6.07) is 9.38. The number of rotatable bonds is 3. The molecule has 0 saturated heterocycles. The lowest BCUT2D eigenvalue weighted by Crippen LogP contribution is -2.43. The molecule has 0 unspecified atom stereocenters. The van der Waals surface area contributed by atoms with Crippen LogP contribution in [-0.4, -0.2) is 24.2 Å². The molecule has 0 aliphatic carbocycles. The summed E-state index contributed by atoms with van der Waals surface area (Å²) in [7, 11) is 0. The number of benzene rings is 1. The number of nitrogens with one attached hydrogen (secondary N) is 3. The van der Waals surface area contributed by atoms with E-state index in [0.29, 0.717) is 13.2 Å². The summed E-state index contributed by atoms with van der Waals surface area (Å²) in [6.07, 6.45) is 1.27. The zero-order valence-electron chi connectivity index (χ0n) is 10.0. The lowest BCUT2D eigenvalue weighted by Gasteiger charge is -2.16. The van der Waals surface area contributed by atoms with Crippen molar-refractivity contribution >= 4 is 28.9 Å². The second-order valence-electron chi connectivity index (χ2n) is 3.60. The number of hydrogen-bond acceptors (Lipinski definition) is 5. The minimum absolute atomic E-state index is 0.107. The topological polar surface area (TPSA) is 71.6 Å². The Labute approximate surface area is 115 Å². The average Bonchev–Trinajstić information content (AvgIpc) is 2.47. The quantitative estimate of drug-likeness (QED) is 0.564. The molecule has 7 heteroatoms. The molecule has 19 heavy (non-hydrogen) atoms. The van der Waals surface area contributed by atoms with E-state index in [1.807, 2.05) is 30.3 Å². The van der Waals surface area contributed by atoms with Crippen molar-refractivity contribution < 1.29 is 14.3 Å². The average molecular weight is 279 g/mol. The number of hydrogen-bond donors (Lipinski definition) is 3. The van der Waals surface area contributed by atoms with E-state index in [-0.39, 0.29) is 10.9 Å². The van der Waals surface area contributed by atoms with Gasteiger partial charge in [-0.3, -0.25) is 21.0 Å². The highest BCUT2D eigenvalue weighted by atomic mass is 32.1. The molecule has 0 radical (unpaired) electrons. The van der Waals surface area contributed by atoms with Gasteiger partial charge in [0.1, 0.15) is 19.5 Å². The summed E-state index contributed by atoms with van der Waals surface area (Å²) in [5, 5.41) is 2.61. The number of amides is 1. The van der Waals surface area contributed by atoms with Crippen molar-refractivity contribution in [3.63, 3.8) is 0 Å². The molecule has 1 aromatic rings. The number of thiocarbonyl (C=S) groups is 1. The third-order valence-electron chi connectivity index (χ3n) is 2.19. The SMILES string of the molecule is O=C(NC(=S)NNc1ccccc1)C1=COCCO1. The predicted octanol–water partition coefficient (Wildman–Crippen LogP) is 0.892. The molecular formula is C12H13N3O3S. The van der Waals surface area contributed by atoms with Gasteiger partial charge in [-0.1, -0.05) is 18.2 Å². The van der Waals surface area contributed by atoms with Crippen LogP contribution in [0.15, 0.2) is 42.4 Å². The molecule has 0 aromatic heterocycles. The molecule has 0 saturated carbocycles. The van der Waals surface area contributed by atoms with E-state index < -0.39 is 5.91 Å². The Balaban J connectivity index is 1.78. The fraction of sp³-hybridized carbons (Fsp3) is 0.167. The number of para-hydroxylation sites is 1. The first kappa shape index (κ1) is 13.2. The van der Waals surface area contributed by atoms with Crippen LogP contribution in [0, 0.1) is 0 Å². The summed E-state index contributed by atoms with van der Waals surface area (Å²) < 4.78 is 10.1. The maximum atomic E-state index is 11.7. The van der Waals surface area contributed by atoms with Gasteiger partial charge in [0.25, 0.3) is 5.91 Å². The Morgan fingerprint density at radius 2 is 2.00 bits per heavy atom. The minimum Gasteiger partial charge on any atom is -0.494 e. The van der Waals surface area contributed by atoms with Crippen LogP contribution in [0.1, 0.15) is 0 Å². The van der Waals surface area contributed by atoms with Crippen molar-refractivity contribution in [1.82, 2.24) is 10.7 Å². The molecule has 0 atom stereocenters. The number of anilines is 1. The van der Waals surface area contributed by atoms with Gasteiger partial charge in [0.15, 0.2) is 5.11 Å². The molecular weight excluding hydrogens is 266 g/mol. The Morgan fingerprint density at radius 1 is 1.21 bits per heavy atom. The predicted molar refractivity (Wildman–Crippen MR) is 73.9 cm³/mol. The van der Waals surface area contributed by atoms with Crippen LogP contribution in [0.2, 0.25) is 0 Å². The van der Waals surface area contributed by atoms with Crippen LogP contribution in [0.5, 0.6) is 0 Å². The number of ether oxygens (including phenoxy) is 2. The highest BCUT2D eigenvalue weighted by Gasteiger charge is 2.15. The van der Waals surface area contributed by atoms with Crippen LogP contribution in [0.3, 0.4) is 0 Å². The fourth-order valence-electron chi connectivity index (χ4n) is 1.33. The van der Waals surface area contributed by atoms with Gasteiger partial charge in [-0.2, -0.15) is 0 Å². The number of hydrazine groups is 1. The largest absolute Gasteiger partial charge is 0.494 e. The molecule has 1 aliphatic heterocycles. The summed E-state index contributed by atoms with van der Waals surface area (Å²) in [5.74, 6) is -0.345. The molecule has 0 spiro atoms. The van der Waals surface area contributed by atoms with Crippen molar-refractivity contribution in [3.8, 4) is 0 Å². The summed E-state index contributed by atoms with van der Waals surface area (Å²) in [4.78, 5) is 11.7. The van der Waals surface area contributed by atoms with Gasteiger partial charge >= 0.3 is 0 Å². The van der Waals surface area contributed by atoms with E-state index in [9.17, 15) is 4.79 Å². The molecule has 3 N–H and O–H groups in total. The van der Waals surface area contributed by atoms with E-state index in [1.54, 1.807) is 0 Å². The first-order chi connectivity index (χ1) is 9.25. The van der Waals surface area contributed by atoms with Gasteiger partial charge in [0.05, 0.1) is 5.69 Å². The van der Waals surface area contributed by atoms with E-state index in [2.05, 4.69) is 16.2 Å². The minimum atomic E-state index is -0.452. The van der Waals surface area contributed by atoms with Crippen LogP contribution in [0.4, 0.5) is 5.69 Å². The maximum Gasteiger partial charge on any atom is 0.295 e. The van der Waals surface area contributed by atoms with Gasteiger partial charge in [-0.25, -0.2) is 0 Å². The van der Waals surface area contributed by atoms with Crippen molar-refractivity contribution in [2.45, 2.75) is 0 Å². The second-order valence-corrected chi connectivity index (χ2v) is 4.01. The molecule has 0 fully saturated rings. The molecule has 1 heterocycles. The Kier molecular flexibility index (Phi) is 4.57. The first-order valence-corrected chi connectivity index (χ1v) is 6.03. The fourth-order valence-corrected chi connectivity index (χ4v) is 1.48. The first-order valence-electron chi connectivity index (χ1n) is 5.62. The van der Waals surface area contributed by atoms with Crippen molar-refractivity contribution in [2.24, 2.45) is 0 Å². The lowest BCUT2D eigenvalue weighted by molar-refractivity contribution is -0.120. The zero-order valence-corrected chi connectivity index (χ0v) is 10.8. The highest BCUT2D eigenvalue weighted by Crippen LogP contribution is 2.04. The van der Waals surface area contributed by atoms with Gasteiger partial charge in [0, 0.05) is 0 Å². The van der Waals surface area contributed by atoms with E-state index >= 15 is 0 Å². The Hall–Kier alpha value is -2.28. The Morgan fingerprint density at radius 3 is 2.68 bits per heavy atom. The van der Waals surface area contributed by atoms with Gasteiger partial charge in [-0.15, -0.1) is 0 Å². The van der Waals surface area contributed by atoms with Gasteiger partial charge < -0.3 is 9.47 Å². The highest BCUT2D eigenvalue weighted by molar-refractivity contribution is 7.80. The molecule has 0 bridgehead atoms. The van der Waals surface area contributed by atoms with Crippen LogP contribution in [0.25, 0.3) is 0 Å². The zero-order chi connectivity index (χ0) is 13.5. The molecule has 6 nitrogen and oxygen atoms in total. The van der Waals surface area contributed by atoms with E-state index in [1.165, 1.54) is 6.26 Å². The van der Waals surface area contributed by atoms with Crippen LogP contribution < -0.4 is 16.2 Å². The molecule has 100 valence electrons. The molecule has 1 amide bonds. The van der Waals surface area contributed by atoms with Crippen molar-refractivity contribution in [3.05, 3.63) is 42.4 Å². The normalized spacial score (nSPS) is 13.4. The molecule has 1 aromatic carbocycles. The maximum absolute atomic E-state index is 11.7. The monoisotopic (exact) mass is 279 g/mol. The Bertz CT molecular complexity index is 490. The summed E-state index contributed by atoms with van der Waals surface area (Å²) >= 11 is 4.97. The second kappa shape index (κ2) is 6.60. The van der Waals surface area contributed by atoms with Gasteiger partial charge in [-0.05, 0) is 24.4 Å². The van der Waals surface area contributed by atoms with E-state index in [0.717, 1.165) is 5.69 Å². The number of carbonyl (C=O) groups is 1. The molecule has 2 rings (SSSR count). The van der Waals surface area contributed by atoms with Crippen LogP contribution in [-0.2, 0) is 14.3 Å². The van der Waals surface area contributed by atoms with Crippen molar-refractivity contribution in [2.75, 3.05) is 18.6 Å². The smallest absolute Gasteiger partial charge is 0.295 e. The third-order valence-corrected chi connectivity index (χ3v) is 2.40. The third kappa shape index (κ3) is 4.14. The number of carbonyl (C=O) groups excluding carboxylic acids is 1. The molecule has 1 aliphatic rings.